The minimum atomic E-state index is -0.454. The fraction of sp³-hybridized carbons (Fsp3) is 0.500. The van der Waals surface area contributed by atoms with Crippen LogP contribution in [0.4, 0.5) is 0 Å². The lowest BCUT2D eigenvalue weighted by Gasteiger charge is -2.32. The molecule has 1 unspecified atom stereocenters. The molecule has 2 aliphatic heterocycles. The highest BCUT2D eigenvalue weighted by Crippen LogP contribution is 2.35. The molecule has 0 spiro atoms. The van der Waals surface area contributed by atoms with Gasteiger partial charge < -0.3 is 9.64 Å². The van der Waals surface area contributed by atoms with Crippen LogP contribution in [-0.4, -0.2) is 61.4 Å². The molecule has 1 aliphatic carbocycles. The van der Waals surface area contributed by atoms with Crippen molar-refractivity contribution in [3.8, 4) is 5.75 Å². The predicted octanol–water partition coefficient (Wildman–Crippen LogP) is 2.00. The van der Waals surface area contributed by atoms with Crippen LogP contribution in [0, 0.1) is 0 Å². The largest absolute Gasteiger partial charge is 0.488 e. The highest BCUT2D eigenvalue weighted by molar-refractivity contribution is 6.03. The second kappa shape index (κ2) is 8.76. The first kappa shape index (κ1) is 22.8. The summed E-state index contributed by atoms with van der Waals surface area (Å²) in [7, 11) is 3.71. The number of ether oxygens (including phenoxy) is 1. The Labute approximate surface area is 208 Å². The Kier molecular flexibility index (Phi) is 5.54. The SMILES string of the molecule is Cn1nc2c(c1C(=O)N1CCC(Oc3cccc4c(C5CCC(=O)NC5=O)nn(C)c34)CC1)CCC2. The zero-order valence-corrected chi connectivity index (χ0v) is 20.6. The molecule has 0 saturated carbocycles. The number of nitrogens with one attached hydrogen (secondary N) is 1. The lowest BCUT2D eigenvalue weighted by Crippen LogP contribution is -2.42. The number of carbonyl (C=O) groups excluding carboxylic acids is 3. The van der Waals surface area contributed by atoms with Crippen LogP contribution in [0.1, 0.15) is 65.5 Å². The summed E-state index contributed by atoms with van der Waals surface area (Å²) in [4.78, 5) is 39.3. The van der Waals surface area contributed by atoms with Crippen molar-refractivity contribution in [1.29, 1.82) is 0 Å². The van der Waals surface area contributed by atoms with Gasteiger partial charge in [0.05, 0.1) is 17.3 Å². The molecule has 3 amide bonds. The van der Waals surface area contributed by atoms with Gasteiger partial charge in [-0.1, -0.05) is 12.1 Å². The highest BCUT2D eigenvalue weighted by Gasteiger charge is 2.33. The van der Waals surface area contributed by atoms with Crippen LogP contribution in [0.3, 0.4) is 0 Å². The number of hydrogen-bond acceptors (Lipinski definition) is 6. The predicted molar refractivity (Wildman–Crippen MR) is 131 cm³/mol. The van der Waals surface area contributed by atoms with E-state index in [0.717, 1.165) is 65.7 Å². The van der Waals surface area contributed by atoms with Crippen molar-refractivity contribution in [2.75, 3.05) is 13.1 Å². The van der Waals surface area contributed by atoms with Crippen LogP contribution in [0.2, 0.25) is 0 Å². The van der Waals surface area contributed by atoms with E-state index >= 15 is 0 Å². The van der Waals surface area contributed by atoms with Gasteiger partial charge in [0, 0.05) is 57.4 Å². The molecule has 1 aromatic carbocycles. The maximum atomic E-state index is 13.3. The van der Waals surface area contributed by atoms with E-state index in [-0.39, 0.29) is 23.8 Å². The summed E-state index contributed by atoms with van der Waals surface area (Å²) < 4.78 is 9.94. The Morgan fingerprint density at radius 1 is 1.03 bits per heavy atom. The second-order valence-electron chi connectivity index (χ2n) is 10.0. The van der Waals surface area contributed by atoms with Crippen molar-refractivity contribution in [2.45, 2.75) is 57.0 Å². The van der Waals surface area contributed by atoms with E-state index in [9.17, 15) is 14.4 Å². The number of benzene rings is 1. The standard InChI is InChI=1S/C26H30N6O4/c1-30-23-17(22(29-30)18-9-10-21(33)27-25(18)34)6-4-8-20(23)36-15-11-13-32(14-12-15)26(35)24-16-5-3-7-19(16)28-31(24)2/h4,6,8,15,18H,3,5,7,9-14H2,1-2H3,(H,27,33,34). The molecular weight excluding hydrogens is 460 g/mol. The number of carbonyl (C=O) groups is 3. The first-order chi connectivity index (χ1) is 17.4. The minimum Gasteiger partial charge on any atom is -0.488 e. The maximum absolute atomic E-state index is 13.3. The molecule has 2 saturated heterocycles. The first-order valence-corrected chi connectivity index (χ1v) is 12.7. The number of hydrogen-bond donors (Lipinski definition) is 1. The van der Waals surface area contributed by atoms with Crippen LogP contribution >= 0.6 is 0 Å². The normalized spacial score (nSPS) is 20.6. The molecule has 3 aromatic rings. The number of piperidine rings is 2. The summed E-state index contributed by atoms with van der Waals surface area (Å²) in [6.45, 7) is 1.26. The van der Waals surface area contributed by atoms with Crippen molar-refractivity contribution in [1.82, 2.24) is 29.8 Å². The van der Waals surface area contributed by atoms with Crippen LogP contribution in [0.15, 0.2) is 18.2 Å². The van der Waals surface area contributed by atoms with Crippen molar-refractivity contribution < 1.29 is 19.1 Å². The van der Waals surface area contributed by atoms with E-state index in [0.29, 0.717) is 31.6 Å². The summed E-state index contributed by atoms with van der Waals surface area (Å²) >= 11 is 0. The summed E-state index contributed by atoms with van der Waals surface area (Å²) in [6, 6.07) is 5.78. The highest BCUT2D eigenvalue weighted by atomic mass is 16.5. The number of likely N-dealkylation sites (tertiary alicyclic amines) is 1. The molecule has 3 aliphatic rings. The third-order valence-corrected chi connectivity index (χ3v) is 7.72. The number of rotatable bonds is 4. The number of aromatic nitrogens is 4. The van der Waals surface area contributed by atoms with E-state index in [4.69, 9.17) is 4.74 Å². The Hall–Kier alpha value is -3.69. The molecule has 1 N–H and O–H groups in total. The molecule has 2 fully saturated rings. The number of fused-ring (bicyclic) bond motifs is 2. The molecular formula is C26H30N6O4. The van der Waals surface area contributed by atoms with Gasteiger partial charge in [-0.05, 0) is 31.7 Å². The maximum Gasteiger partial charge on any atom is 0.272 e. The first-order valence-electron chi connectivity index (χ1n) is 12.7. The summed E-state index contributed by atoms with van der Waals surface area (Å²) in [5.41, 5.74) is 4.44. The molecule has 0 radical (unpaired) electrons. The molecule has 36 heavy (non-hydrogen) atoms. The number of aryl methyl sites for hydroxylation is 3. The molecule has 0 bridgehead atoms. The van der Waals surface area contributed by atoms with Gasteiger partial charge in [0.1, 0.15) is 23.1 Å². The molecule has 2 aromatic heterocycles. The van der Waals surface area contributed by atoms with Crippen molar-refractivity contribution in [3.63, 3.8) is 0 Å². The van der Waals surface area contributed by atoms with Gasteiger partial charge in [-0.15, -0.1) is 0 Å². The van der Waals surface area contributed by atoms with Gasteiger partial charge in [-0.25, -0.2) is 0 Å². The van der Waals surface area contributed by atoms with Crippen LogP contribution < -0.4 is 10.1 Å². The van der Waals surface area contributed by atoms with E-state index < -0.39 is 5.92 Å². The molecule has 10 heteroatoms. The van der Waals surface area contributed by atoms with Crippen molar-refractivity contribution in [3.05, 3.63) is 40.8 Å². The van der Waals surface area contributed by atoms with E-state index in [1.165, 1.54) is 0 Å². The fourth-order valence-electron chi connectivity index (χ4n) is 5.93. The van der Waals surface area contributed by atoms with Crippen LogP contribution in [-0.2, 0) is 36.5 Å². The Bertz CT molecular complexity index is 1380. The third kappa shape index (κ3) is 3.75. The smallest absolute Gasteiger partial charge is 0.272 e. The monoisotopic (exact) mass is 490 g/mol. The van der Waals surface area contributed by atoms with Gasteiger partial charge in [0.2, 0.25) is 11.8 Å². The minimum absolute atomic E-state index is 0.0224. The summed E-state index contributed by atoms with van der Waals surface area (Å²) in [5.74, 6) is -0.208. The Morgan fingerprint density at radius 3 is 2.61 bits per heavy atom. The summed E-state index contributed by atoms with van der Waals surface area (Å²) in [5, 5.41) is 12.5. The molecule has 1 atom stereocenters. The lowest BCUT2D eigenvalue weighted by atomic mass is 9.93. The summed E-state index contributed by atoms with van der Waals surface area (Å²) in [6.07, 6.45) is 5.17. The molecule has 6 rings (SSSR count). The zero-order valence-electron chi connectivity index (χ0n) is 20.6. The van der Waals surface area contributed by atoms with Gasteiger partial charge in [-0.3, -0.25) is 29.1 Å². The fourth-order valence-corrected chi connectivity index (χ4v) is 5.93. The average molecular weight is 491 g/mol. The Balaban J connectivity index is 1.17. The molecule has 4 heterocycles. The number of para-hydroxylation sites is 1. The molecule has 188 valence electrons. The number of nitrogens with zero attached hydrogens (tertiary/aromatic N) is 5. The van der Waals surface area contributed by atoms with Gasteiger partial charge in [-0.2, -0.15) is 10.2 Å². The van der Waals surface area contributed by atoms with Crippen molar-refractivity contribution >= 4 is 28.6 Å². The van der Waals surface area contributed by atoms with Crippen LogP contribution in [0.5, 0.6) is 5.75 Å². The van der Waals surface area contributed by atoms with Crippen molar-refractivity contribution in [2.24, 2.45) is 14.1 Å². The third-order valence-electron chi connectivity index (χ3n) is 7.72. The quantitative estimate of drug-likeness (QED) is 0.560. The Morgan fingerprint density at radius 2 is 1.83 bits per heavy atom. The molecule has 10 nitrogen and oxygen atoms in total. The lowest BCUT2D eigenvalue weighted by molar-refractivity contribution is -0.134. The number of imide groups is 1. The zero-order chi connectivity index (χ0) is 25.0. The van der Waals surface area contributed by atoms with Gasteiger partial charge in [0.25, 0.3) is 5.91 Å². The van der Waals surface area contributed by atoms with Gasteiger partial charge in [0.15, 0.2) is 0 Å². The number of amides is 3. The van der Waals surface area contributed by atoms with E-state index in [2.05, 4.69) is 15.5 Å². The average Bonchev–Trinajstić information content (AvgIpc) is 3.52. The van der Waals surface area contributed by atoms with E-state index in [1.807, 2.05) is 37.2 Å². The topological polar surface area (TPSA) is 111 Å². The van der Waals surface area contributed by atoms with E-state index in [1.54, 1.807) is 9.36 Å². The second-order valence-corrected chi connectivity index (χ2v) is 10.0. The van der Waals surface area contributed by atoms with Gasteiger partial charge >= 0.3 is 0 Å². The van der Waals surface area contributed by atoms with Crippen LogP contribution in [0.25, 0.3) is 10.9 Å².